The lowest BCUT2D eigenvalue weighted by molar-refractivity contribution is -0.130. The van der Waals surface area contributed by atoms with Crippen LogP contribution in [0.2, 0.25) is 0 Å². The van der Waals surface area contributed by atoms with Crippen molar-refractivity contribution in [1.29, 1.82) is 0 Å². The van der Waals surface area contributed by atoms with Crippen LogP contribution in [-0.2, 0) is 4.79 Å². The van der Waals surface area contributed by atoms with E-state index in [1.54, 1.807) is 24.7 Å². The van der Waals surface area contributed by atoms with Crippen molar-refractivity contribution in [2.45, 2.75) is 23.8 Å². The van der Waals surface area contributed by atoms with E-state index in [0.717, 1.165) is 24.3 Å². The zero-order chi connectivity index (χ0) is 15.9. The van der Waals surface area contributed by atoms with Gasteiger partial charge < -0.3 is 9.64 Å². The minimum Gasteiger partial charge on any atom is -0.472 e. The van der Waals surface area contributed by atoms with Crippen LogP contribution >= 0.6 is 11.8 Å². The predicted octanol–water partition coefficient (Wildman–Crippen LogP) is 2.03. The largest absolute Gasteiger partial charge is 0.472 e. The van der Waals surface area contributed by atoms with Crippen LogP contribution in [0.15, 0.2) is 48.0 Å². The van der Waals surface area contributed by atoms with Crippen molar-refractivity contribution >= 4 is 17.7 Å². The number of likely N-dealkylation sites (tertiary alicyclic amines) is 1. The van der Waals surface area contributed by atoms with E-state index in [0.29, 0.717) is 18.2 Å². The van der Waals surface area contributed by atoms with Crippen molar-refractivity contribution < 1.29 is 9.53 Å². The molecule has 3 heterocycles. The third-order valence-electron chi connectivity index (χ3n) is 3.59. The number of thioether (sulfide) groups is 1. The molecule has 3 rings (SSSR count). The molecule has 6 nitrogen and oxygen atoms in total. The average molecular weight is 330 g/mol. The summed E-state index contributed by atoms with van der Waals surface area (Å²) in [6.45, 7) is 1.40. The monoisotopic (exact) mass is 330 g/mol. The molecule has 0 radical (unpaired) electrons. The Morgan fingerprint density at radius 3 is 2.87 bits per heavy atom. The Morgan fingerprint density at radius 2 is 2.09 bits per heavy atom. The third-order valence-corrected chi connectivity index (χ3v) is 4.58. The quantitative estimate of drug-likeness (QED) is 0.782. The van der Waals surface area contributed by atoms with Crippen LogP contribution in [0, 0.1) is 0 Å². The number of piperidine rings is 1. The molecule has 120 valence electrons. The standard InChI is InChI=1S/C16H18N4O2S/c21-16(11-23-14-3-6-17-7-4-14)20-9-1-2-13(10-20)22-15-5-8-18-12-19-15/h3-8,12-13H,1-2,9-11H2. The number of carbonyl (C=O) groups excluding carboxylic acids is 1. The van der Waals surface area contributed by atoms with E-state index in [-0.39, 0.29) is 12.0 Å². The van der Waals surface area contributed by atoms with Gasteiger partial charge in [-0.25, -0.2) is 9.97 Å². The second-order valence-electron chi connectivity index (χ2n) is 5.24. The van der Waals surface area contributed by atoms with Gasteiger partial charge in [-0.15, -0.1) is 11.8 Å². The Labute approximate surface area is 139 Å². The maximum atomic E-state index is 12.4. The Kier molecular flexibility index (Phi) is 5.42. The first kappa shape index (κ1) is 15.7. The van der Waals surface area contributed by atoms with E-state index in [1.165, 1.54) is 18.1 Å². The third kappa shape index (κ3) is 4.66. The van der Waals surface area contributed by atoms with Crippen molar-refractivity contribution in [2.75, 3.05) is 18.8 Å². The number of rotatable bonds is 5. The highest BCUT2D eigenvalue weighted by molar-refractivity contribution is 8.00. The Balaban J connectivity index is 1.50. The zero-order valence-electron chi connectivity index (χ0n) is 12.7. The van der Waals surface area contributed by atoms with Crippen LogP contribution in [0.1, 0.15) is 12.8 Å². The van der Waals surface area contributed by atoms with Gasteiger partial charge in [-0.2, -0.15) is 0 Å². The highest BCUT2D eigenvalue weighted by Gasteiger charge is 2.25. The summed E-state index contributed by atoms with van der Waals surface area (Å²) in [5, 5.41) is 0. The molecule has 23 heavy (non-hydrogen) atoms. The van der Waals surface area contributed by atoms with Gasteiger partial charge in [-0.1, -0.05) is 0 Å². The first-order valence-electron chi connectivity index (χ1n) is 7.54. The topological polar surface area (TPSA) is 68.2 Å². The minimum absolute atomic E-state index is 0.00600. The van der Waals surface area contributed by atoms with E-state index in [4.69, 9.17) is 4.74 Å². The van der Waals surface area contributed by atoms with Gasteiger partial charge in [0.2, 0.25) is 11.8 Å². The SMILES string of the molecule is O=C(CSc1ccncc1)N1CCCC(Oc2ccncn2)C1. The number of hydrogen-bond donors (Lipinski definition) is 0. The lowest BCUT2D eigenvalue weighted by Gasteiger charge is -2.32. The number of aromatic nitrogens is 3. The molecule has 0 spiro atoms. The molecule has 0 aliphatic carbocycles. The van der Waals surface area contributed by atoms with Gasteiger partial charge in [0.15, 0.2) is 0 Å². The second kappa shape index (κ2) is 7.92. The van der Waals surface area contributed by atoms with Crippen LogP contribution in [0.3, 0.4) is 0 Å². The van der Waals surface area contributed by atoms with Crippen molar-refractivity contribution in [3.8, 4) is 5.88 Å². The van der Waals surface area contributed by atoms with E-state index in [2.05, 4.69) is 15.0 Å². The summed E-state index contributed by atoms with van der Waals surface area (Å²) in [7, 11) is 0. The summed E-state index contributed by atoms with van der Waals surface area (Å²) in [5.74, 6) is 1.14. The molecule has 0 aromatic carbocycles. The molecule has 2 aromatic rings. The average Bonchev–Trinajstić information content (AvgIpc) is 2.62. The molecule has 0 bridgehead atoms. The first-order valence-corrected chi connectivity index (χ1v) is 8.53. The second-order valence-corrected chi connectivity index (χ2v) is 6.29. The summed E-state index contributed by atoms with van der Waals surface area (Å²) in [5.41, 5.74) is 0. The zero-order valence-corrected chi connectivity index (χ0v) is 13.5. The predicted molar refractivity (Wildman–Crippen MR) is 87.2 cm³/mol. The van der Waals surface area contributed by atoms with Crippen molar-refractivity contribution in [1.82, 2.24) is 19.9 Å². The van der Waals surface area contributed by atoms with Crippen LogP contribution in [0.5, 0.6) is 5.88 Å². The Hall–Kier alpha value is -2.15. The highest BCUT2D eigenvalue weighted by Crippen LogP contribution is 2.20. The lowest BCUT2D eigenvalue weighted by atomic mass is 10.1. The number of nitrogens with zero attached hydrogens (tertiary/aromatic N) is 4. The highest BCUT2D eigenvalue weighted by atomic mass is 32.2. The first-order chi connectivity index (χ1) is 11.3. The van der Waals surface area contributed by atoms with Crippen LogP contribution in [0.25, 0.3) is 0 Å². The molecular weight excluding hydrogens is 312 g/mol. The Morgan fingerprint density at radius 1 is 1.26 bits per heavy atom. The maximum Gasteiger partial charge on any atom is 0.233 e. The summed E-state index contributed by atoms with van der Waals surface area (Å²) in [4.78, 5) is 27.2. The van der Waals surface area contributed by atoms with Gasteiger partial charge in [-0.3, -0.25) is 9.78 Å². The van der Waals surface area contributed by atoms with Gasteiger partial charge >= 0.3 is 0 Å². The molecular formula is C16H18N4O2S. The van der Waals surface area contributed by atoms with Crippen molar-refractivity contribution in [2.24, 2.45) is 0 Å². The number of pyridine rings is 1. The Bertz CT molecular complexity index is 626. The number of hydrogen-bond acceptors (Lipinski definition) is 6. The van der Waals surface area contributed by atoms with Gasteiger partial charge in [-0.05, 0) is 25.0 Å². The van der Waals surface area contributed by atoms with Crippen LogP contribution in [0.4, 0.5) is 0 Å². The van der Waals surface area contributed by atoms with E-state index in [1.807, 2.05) is 17.0 Å². The summed E-state index contributed by atoms with van der Waals surface area (Å²) in [6, 6.07) is 5.56. The van der Waals surface area contributed by atoms with Gasteiger partial charge in [0, 0.05) is 36.1 Å². The van der Waals surface area contributed by atoms with Gasteiger partial charge in [0.25, 0.3) is 0 Å². The number of amides is 1. The van der Waals surface area contributed by atoms with Crippen LogP contribution in [-0.4, -0.2) is 50.7 Å². The van der Waals surface area contributed by atoms with E-state index >= 15 is 0 Å². The summed E-state index contributed by atoms with van der Waals surface area (Å²) in [6.07, 6.45) is 8.46. The molecule has 0 N–H and O–H groups in total. The normalized spacial score (nSPS) is 17.7. The van der Waals surface area contributed by atoms with Gasteiger partial charge in [0.05, 0.1) is 12.3 Å². The number of carbonyl (C=O) groups is 1. The molecule has 7 heteroatoms. The van der Waals surface area contributed by atoms with Gasteiger partial charge in [0.1, 0.15) is 12.4 Å². The molecule has 1 fully saturated rings. The molecule has 1 aliphatic rings. The number of ether oxygens (including phenoxy) is 1. The summed E-state index contributed by atoms with van der Waals surface area (Å²) < 4.78 is 5.84. The molecule has 1 aliphatic heterocycles. The van der Waals surface area contributed by atoms with Crippen molar-refractivity contribution in [3.63, 3.8) is 0 Å². The molecule has 1 saturated heterocycles. The fourth-order valence-electron chi connectivity index (χ4n) is 2.45. The molecule has 1 atom stereocenters. The maximum absolute atomic E-state index is 12.4. The molecule has 0 saturated carbocycles. The molecule has 1 unspecified atom stereocenters. The summed E-state index contributed by atoms with van der Waals surface area (Å²) >= 11 is 1.53. The fraction of sp³-hybridized carbons (Fsp3) is 0.375. The van der Waals surface area contributed by atoms with Crippen molar-refractivity contribution in [3.05, 3.63) is 43.1 Å². The smallest absolute Gasteiger partial charge is 0.233 e. The molecule has 2 aromatic heterocycles. The lowest BCUT2D eigenvalue weighted by Crippen LogP contribution is -2.45. The van der Waals surface area contributed by atoms with Crippen LogP contribution < -0.4 is 4.74 Å². The fourth-order valence-corrected chi connectivity index (χ4v) is 3.24. The van der Waals surface area contributed by atoms with E-state index < -0.39 is 0 Å². The van der Waals surface area contributed by atoms with E-state index in [9.17, 15) is 4.79 Å². The minimum atomic E-state index is -0.00600. The molecule has 1 amide bonds.